The number of carbonyl (C=O) groups is 2. The number of rotatable bonds is 14. The number of carboxylic acid groups (broad SMARTS) is 1. The predicted molar refractivity (Wildman–Crippen MR) is 168 cm³/mol. The molecule has 4 rings (SSSR count). The molecule has 0 saturated heterocycles. The predicted octanol–water partition coefficient (Wildman–Crippen LogP) is 5.26. The van der Waals surface area contributed by atoms with Crippen molar-refractivity contribution in [2.24, 2.45) is 0 Å². The number of benzene rings is 4. The van der Waals surface area contributed by atoms with Crippen LogP contribution in [-0.2, 0) is 20.6 Å². The number of ether oxygens (including phenoxy) is 2. The summed E-state index contributed by atoms with van der Waals surface area (Å²) in [6.07, 6.45) is -0.271. The van der Waals surface area contributed by atoms with Gasteiger partial charge >= 0.3 is 13.6 Å². The molecule has 0 radical (unpaired) electrons. The quantitative estimate of drug-likeness (QED) is 0.139. The molecule has 4 aromatic rings. The van der Waals surface area contributed by atoms with Gasteiger partial charge in [-0.05, 0) is 46.5 Å². The molecular weight excluding hydrogens is 583 g/mol. The van der Waals surface area contributed by atoms with Crippen LogP contribution in [0.15, 0.2) is 103 Å². The zero-order valence-electron chi connectivity index (χ0n) is 24.4. The van der Waals surface area contributed by atoms with Gasteiger partial charge < -0.3 is 34.6 Å². The Labute approximate surface area is 256 Å². The first kappa shape index (κ1) is 32.3. The Morgan fingerprint density at radius 1 is 0.818 bits per heavy atom. The van der Waals surface area contributed by atoms with Crippen LogP contribution in [0.5, 0.6) is 11.5 Å². The molecule has 0 aliphatic heterocycles. The third-order valence-corrected chi connectivity index (χ3v) is 8.28. The summed E-state index contributed by atoms with van der Waals surface area (Å²) in [6.45, 7) is -0.163. The zero-order chi connectivity index (χ0) is 31.7. The van der Waals surface area contributed by atoms with Crippen molar-refractivity contribution in [3.8, 4) is 22.6 Å². The molecule has 2 atom stereocenters. The maximum Gasteiger partial charge on any atom is 0.352 e. The van der Waals surface area contributed by atoms with E-state index in [0.29, 0.717) is 17.2 Å². The Bertz CT molecular complexity index is 1610. The van der Waals surface area contributed by atoms with E-state index in [1.807, 2.05) is 54.6 Å². The molecule has 0 aliphatic rings. The van der Waals surface area contributed by atoms with Gasteiger partial charge in [-0.2, -0.15) is 0 Å². The van der Waals surface area contributed by atoms with E-state index in [9.17, 15) is 23.9 Å². The zero-order valence-corrected chi connectivity index (χ0v) is 25.3. The Balaban J connectivity index is 1.86. The van der Waals surface area contributed by atoms with Crippen LogP contribution in [0, 0.1) is 0 Å². The first-order valence-corrected chi connectivity index (χ1v) is 15.5. The highest BCUT2D eigenvalue weighted by molar-refractivity contribution is 7.52. The van der Waals surface area contributed by atoms with Gasteiger partial charge in [-0.1, -0.05) is 72.8 Å². The first-order chi connectivity index (χ1) is 21.1. The van der Waals surface area contributed by atoms with Crippen molar-refractivity contribution in [3.05, 3.63) is 114 Å². The van der Waals surface area contributed by atoms with Crippen molar-refractivity contribution in [1.29, 1.82) is 0 Å². The van der Waals surface area contributed by atoms with E-state index in [1.54, 1.807) is 42.5 Å². The van der Waals surface area contributed by atoms with E-state index < -0.39 is 31.3 Å². The standard InChI is InChI=1S/C33H35N2O8P/c1-42-28-12-6-10-26(21-28)33(44(39,40)41)35(27-11-7-13-29(22-27)43-2)30(32(38)34-19-18-31(36)37)20-23-14-16-25(17-15-23)24-8-4-3-5-9-24/h3-17,21-22,30,33H,18-20H2,1-2H3,(H,34,38)(H,36,37)(H2,39,40,41). The van der Waals surface area contributed by atoms with E-state index in [0.717, 1.165) is 16.7 Å². The molecule has 0 heterocycles. The van der Waals surface area contributed by atoms with E-state index in [1.165, 1.54) is 25.2 Å². The molecule has 1 amide bonds. The molecule has 4 N–H and O–H groups in total. The highest BCUT2D eigenvalue weighted by Gasteiger charge is 2.42. The average molecular weight is 619 g/mol. The largest absolute Gasteiger partial charge is 0.497 e. The SMILES string of the molecule is COc1cccc(C(N(c2cccc(OC)c2)C(Cc2ccc(-c3ccccc3)cc2)C(=O)NCCC(=O)O)P(=O)(O)O)c1. The Kier molecular flexibility index (Phi) is 10.8. The number of nitrogens with one attached hydrogen (secondary N) is 1. The van der Waals surface area contributed by atoms with Crippen LogP contribution in [0.1, 0.15) is 23.3 Å². The minimum Gasteiger partial charge on any atom is -0.497 e. The number of methoxy groups -OCH3 is 2. The van der Waals surface area contributed by atoms with E-state index in [2.05, 4.69) is 5.32 Å². The van der Waals surface area contributed by atoms with Crippen LogP contribution in [0.4, 0.5) is 5.69 Å². The Morgan fingerprint density at radius 3 is 2.05 bits per heavy atom. The Hall–Kier alpha value is -4.63. The second kappa shape index (κ2) is 14.7. The van der Waals surface area contributed by atoms with Gasteiger partial charge in [-0.25, -0.2) is 0 Å². The van der Waals surface area contributed by atoms with Crippen molar-refractivity contribution >= 4 is 25.2 Å². The normalized spacial score (nSPS) is 12.5. The summed E-state index contributed by atoms with van der Waals surface area (Å²) in [5.74, 6) is -2.50. The van der Waals surface area contributed by atoms with Crippen molar-refractivity contribution in [2.75, 3.05) is 25.7 Å². The second-order valence-electron chi connectivity index (χ2n) is 10.1. The lowest BCUT2D eigenvalue weighted by molar-refractivity contribution is -0.136. The molecule has 4 aromatic carbocycles. The molecule has 230 valence electrons. The summed E-state index contributed by atoms with van der Waals surface area (Å²) >= 11 is 0. The number of carbonyl (C=O) groups excluding carboxylic acids is 1. The van der Waals surface area contributed by atoms with E-state index in [-0.39, 0.29) is 24.9 Å². The van der Waals surface area contributed by atoms with Gasteiger partial charge in [0.2, 0.25) is 5.91 Å². The van der Waals surface area contributed by atoms with Crippen molar-refractivity contribution < 1.29 is 38.5 Å². The molecule has 0 aromatic heterocycles. The topological polar surface area (TPSA) is 146 Å². The summed E-state index contributed by atoms with van der Waals surface area (Å²) < 4.78 is 24.1. The van der Waals surface area contributed by atoms with Crippen molar-refractivity contribution in [3.63, 3.8) is 0 Å². The summed E-state index contributed by atoms with van der Waals surface area (Å²) in [7, 11) is -2.09. The number of hydrogen-bond acceptors (Lipinski definition) is 6. The summed E-state index contributed by atoms with van der Waals surface area (Å²) in [6, 6.07) is 29.1. The Morgan fingerprint density at radius 2 is 1.43 bits per heavy atom. The molecule has 0 aliphatic carbocycles. The van der Waals surface area contributed by atoms with Gasteiger partial charge in [0, 0.05) is 24.7 Å². The molecule has 11 heteroatoms. The number of aliphatic carboxylic acids is 1. The number of carboxylic acids is 1. The monoisotopic (exact) mass is 618 g/mol. The second-order valence-corrected chi connectivity index (χ2v) is 11.7. The highest BCUT2D eigenvalue weighted by atomic mass is 31.2. The summed E-state index contributed by atoms with van der Waals surface area (Å²) in [4.78, 5) is 48.2. The molecule has 44 heavy (non-hydrogen) atoms. The summed E-state index contributed by atoms with van der Waals surface area (Å²) in [5.41, 5.74) is 3.25. The minimum absolute atomic E-state index is 0.0473. The van der Waals surface area contributed by atoms with Crippen molar-refractivity contribution in [1.82, 2.24) is 5.32 Å². The number of nitrogens with zero attached hydrogens (tertiary/aromatic N) is 1. The number of anilines is 1. The fourth-order valence-electron chi connectivity index (χ4n) is 5.00. The van der Waals surface area contributed by atoms with E-state index >= 15 is 0 Å². The van der Waals surface area contributed by atoms with Crippen LogP contribution < -0.4 is 19.7 Å². The lowest BCUT2D eigenvalue weighted by atomic mass is 9.98. The van der Waals surface area contributed by atoms with Crippen molar-refractivity contribution in [2.45, 2.75) is 24.7 Å². The van der Waals surface area contributed by atoms with Gasteiger partial charge in [-0.15, -0.1) is 0 Å². The van der Waals surface area contributed by atoms with Crippen LogP contribution in [0.25, 0.3) is 11.1 Å². The maximum atomic E-state index is 13.9. The fraction of sp³-hybridized carbons (Fsp3) is 0.212. The third kappa shape index (κ3) is 8.26. The lowest BCUT2D eigenvalue weighted by Crippen LogP contribution is -2.50. The van der Waals surface area contributed by atoms with Gasteiger partial charge in [0.1, 0.15) is 17.5 Å². The third-order valence-electron chi connectivity index (χ3n) is 7.09. The van der Waals surface area contributed by atoms with Gasteiger partial charge in [0.15, 0.2) is 5.78 Å². The van der Waals surface area contributed by atoms with Gasteiger partial charge in [0.25, 0.3) is 0 Å². The van der Waals surface area contributed by atoms with Crippen LogP contribution in [0.2, 0.25) is 0 Å². The molecule has 10 nitrogen and oxygen atoms in total. The molecular formula is C33H35N2O8P. The van der Waals surface area contributed by atoms with E-state index in [4.69, 9.17) is 14.6 Å². The van der Waals surface area contributed by atoms with Crippen LogP contribution in [0.3, 0.4) is 0 Å². The minimum atomic E-state index is -5.01. The molecule has 0 spiro atoms. The van der Waals surface area contributed by atoms with Gasteiger partial charge in [0.05, 0.1) is 20.6 Å². The van der Waals surface area contributed by atoms with Crippen LogP contribution >= 0.6 is 7.60 Å². The first-order valence-electron chi connectivity index (χ1n) is 13.9. The molecule has 0 saturated carbocycles. The number of amides is 1. The highest BCUT2D eigenvalue weighted by Crippen LogP contribution is 2.56. The number of hydrogen-bond donors (Lipinski definition) is 4. The fourth-order valence-corrected chi connectivity index (χ4v) is 6.16. The molecule has 0 fully saturated rings. The summed E-state index contributed by atoms with van der Waals surface area (Å²) in [5, 5.41) is 11.8. The smallest absolute Gasteiger partial charge is 0.352 e. The molecule has 0 bridgehead atoms. The maximum absolute atomic E-state index is 13.9. The average Bonchev–Trinajstić information content (AvgIpc) is 3.02. The van der Waals surface area contributed by atoms with Crippen LogP contribution in [-0.4, -0.2) is 53.6 Å². The molecule has 2 unspecified atom stereocenters. The van der Waals surface area contributed by atoms with Gasteiger partial charge in [-0.3, -0.25) is 14.2 Å². The lowest BCUT2D eigenvalue weighted by Gasteiger charge is -2.40.